The number of hydrogen-bond acceptors (Lipinski definition) is 6. The molecule has 2 aromatic heterocycles. The summed E-state index contributed by atoms with van der Waals surface area (Å²) in [5.74, 6) is 1.49. The van der Waals surface area contributed by atoms with Crippen LogP contribution in [0.2, 0.25) is 0 Å². The van der Waals surface area contributed by atoms with Crippen molar-refractivity contribution in [3.63, 3.8) is 0 Å². The Bertz CT molecular complexity index is 1460. The minimum Gasteiger partial charge on any atom is -0.487 e. The van der Waals surface area contributed by atoms with Gasteiger partial charge in [0.1, 0.15) is 41.7 Å². The number of unbranched alkanes of at least 4 members (excludes halogenated alkanes) is 1. The molecule has 0 aliphatic heterocycles. The molecule has 37 heavy (non-hydrogen) atoms. The predicted molar refractivity (Wildman–Crippen MR) is 141 cm³/mol. The summed E-state index contributed by atoms with van der Waals surface area (Å²) in [7, 11) is -3.10. The number of aryl methyl sites for hydroxylation is 3. The molecule has 7 nitrogen and oxygen atoms in total. The normalized spacial score (nSPS) is 11.9. The number of oxazole rings is 1. The largest absolute Gasteiger partial charge is 0.487 e. The number of aromatic nitrogens is 3. The van der Waals surface area contributed by atoms with Crippen LogP contribution in [0.15, 0.2) is 65.5 Å². The predicted octanol–water partition coefficient (Wildman–Crippen LogP) is 5.64. The molecule has 0 N–H and O–H groups in total. The van der Waals surface area contributed by atoms with Crippen molar-refractivity contribution in [1.82, 2.24) is 14.5 Å². The molecule has 0 amide bonds. The molecule has 194 valence electrons. The summed E-state index contributed by atoms with van der Waals surface area (Å²) >= 11 is 0. The second-order valence-corrected chi connectivity index (χ2v) is 11.1. The molecule has 0 fully saturated rings. The van der Waals surface area contributed by atoms with Crippen LogP contribution in [0.4, 0.5) is 4.39 Å². The maximum absolute atomic E-state index is 13.2. The molecule has 0 aliphatic carbocycles. The quantitative estimate of drug-likeness (QED) is 0.224. The second kappa shape index (κ2) is 12.0. The van der Waals surface area contributed by atoms with Gasteiger partial charge in [-0.1, -0.05) is 18.2 Å². The Morgan fingerprint density at radius 2 is 1.92 bits per heavy atom. The van der Waals surface area contributed by atoms with Crippen molar-refractivity contribution in [3.05, 3.63) is 101 Å². The molecule has 0 atom stereocenters. The van der Waals surface area contributed by atoms with Gasteiger partial charge in [0.15, 0.2) is 9.84 Å². The Morgan fingerprint density at radius 3 is 2.68 bits per heavy atom. The lowest BCUT2D eigenvalue weighted by atomic mass is 10.1. The molecule has 0 aliphatic rings. The van der Waals surface area contributed by atoms with E-state index in [2.05, 4.69) is 9.97 Å². The van der Waals surface area contributed by atoms with Crippen LogP contribution in [0.1, 0.15) is 46.9 Å². The highest BCUT2D eigenvalue weighted by Gasteiger charge is 2.10. The van der Waals surface area contributed by atoms with Crippen LogP contribution in [0.3, 0.4) is 0 Å². The van der Waals surface area contributed by atoms with Crippen LogP contribution >= 0.6 is 0 Å². The zero-order valence-electron chi connectivity index (χ0n) is 20.9. The van der Waals surface area contributed by atoms with Crippen molar-refractivity contribution in [2.24, 2.45) is 0 Å². The van der Waals surface area contributed by atoms with Crippen LogP contribution in [0.5, 0.6) is 5.75 Å². The third kappa shape index (κ3) is 8.15. The van der Waals surface area contributed by atoms with Crippen LogP contribution in [0, 0.1) is 12.7 Å². The van der Waals surface area contributed by atoms with E-state index in [4.69, 9.17) is 9.15 Å². The fourth-order valence-corrected chi connectivity index (χ4v) is 4.60. The first-order valence-electron chi connectivity index (χ1n) is 12.0. The average molecular weight is 524 g/mol. The highest BCUT2D eigenvalue weighted by Crippen LogP contribution is 2.18. The number of halogens is 1. The lowest BCUT2D eigenvalue weighted by molar-refractivity contribution is 0.301. The van der Waals surface area contributed by atoms with Gasteiger partial charge in [0.05, 0.1) is 0 Å². The number of hydrogen-bond donors (Lipinski definition) is 0. The van der Waals surface area contributed by atoms with E-state index in [0.717, 1.165) is 42.7 Å². The second-order valence-electron chi connectivity index (χ2n) is 9.01. The number of ether oxygens (including phenoxy) is 1. The zero-order chi connectivity index (χ0) is 26.3. The van der Waals surface area contributed by atoms with Crippen LogP contribution in [-0.2, 0) is 35.2 Å². The summed E-state index contributed by atoms with van der Waals surface area (Å²) in [5, 5.41) is 0. The Hall–Kier alpha value is -3.72. The van der Waals surface area contributed by atoms with Crippen LogP contribution in [0.25, 0.3) is 12.2 Å². The number of sulfone groups is 1. The Morgan fingerprint density at radius 1 is 1.11 bits per heavy atom. The third-order valence-corrected chi connectivity index (χ3v) is 6.61. The summed E-state index contributed by atoms with van der Waals surface area (Å²) in [4.78, 5) is 8.57. The van der Waals surface area contributed by atoms with Gasteiger partial charge < -0.3 is 13.7 Å². The van der Waals surface area contributed by atoms with Crippen LogP contribution in [-0.4, -0.2) is 29.2 Å². The lowest BCUT2D eigenvalue weighted by Gasteiger charge is -2.08. The van der Waals surface area contributed by atoms with Gasteiger partial charge in [0.25, 0.3) is 0 Å². The Kier molecular flexibility index (Phi) is 8.55. The molecule has 9 heteroatoms. The number of rotatable bonds is 12. The van der Waals surface area contributed by atoms with Gasteiger partial charge in [-0.15, -0.1) is 0 Å². The average Bonchev–Trinajstić information content (AvgIpc) is 3.49. The van der Waals surface area contributed by atoms with E-state index in [1.807, 2.05) is 48.0 Å². The molecule has 0 spiro atoms. The van der Waals surface area contributed by atoms with E-state index >= 15 is 0 Å². The molecule has 2 heterocycles. The van der Waals surface area contributed by atoms with Crippen molar-refractivity contribution in [2.75, 3.05) is 6.26 Å². The molecule has 0 saturated carbocycles. The highest BCUT2D eigenvalue weighted by atomic mass is 32.2. The molecular formula is C28H30FN3O4S. The van der Waals surface area contributed by atoms with Gasteiger partial charge >= 0.3 is 0 Å². The van der Waals surface area contributed by atoms with Crippen molar-refractivity contribution >= 4 is 22.0 Å². The van der Waals surface area contributed by atoms with Crippen molar-refractivity contribution in [3.8, 4) is 5.75 Å². The van der Waals surface area contributed by atoms with Gasteiger partial charge in [0, 0.05) is 31.3 Å². The van der Waals surface area contributed by atoms with Crippen LogP contribution < -0.4 is 4.74 Å². The van der Waals surface area contributed by atoms with E-state index in [1.54, 1.807) is 24.6 Å². The number of benzene rings is 2. The molecule has 2 aromatic carbocycles. The summed E-state index contributed by atoms with van der Waals surface area (Å²) < 4.78 is 49.5. The van der Waals surface area contributed by atoms with E-state index in [0.29, 0.717) is 17.4 Å². The summed E-state index contributed by atoms with van der Waals surface area (Å²) in [6.07, 6.45) is 12.7. The SMILES string of the molecule is Cc1cc(F)ccc1/C=C/c1nc(COc2ccc(CCCCn3ccnc3CS(C)(=O)=O)cc2)co1. The molecule has 0 unspecified atom stereocenters. The van der Waals surface area contributed by atoms with E-state index in [1.165, 1.54) is 24.0 Å². The minimum atomic E-state index is -3.10. The van der Waals surface area contributed by atoms with E-state index in [9.17, 15) is 12.8 Å². The molecule has 4 aromatic rings. The maximum atomic E-state index is 13.2. The number of imidazole rings is 1. The van der Waals surface area contributed by atoms with Gasteiger partial charge in [-0.05, 0) is 73.2 Å². The maximum Gasteiger partial charge on any atom is 0.218 e. The molecular weight excluding hydrogens is 493 g/mol. The van der Waals surface area contributed by atoms with Gasteiger partial charge in [-0.25, -0.2) is 22.8 Å². The molecule has 0 radical (unpaired) electrons. The van der Waals surface area contributed by atoms with E-state index in [-0.39, 0.29) is 18.2 Å². The first-order chi connectivity index (χ1) is 17.7. The van der Waals surface area contributed by atoms with Crippen molar-refractivity contribution in [2.45, 2.75) is 45.1 Å². The standard InChI is InChI=1S/C28H30FN3O4S/c1-21-17-24(29)10-8-23(21)9-13-28-31-25(19-36-28)18-35-26-11-6-22(7-12-26)5-3-4-15-32-16-14-30-27(32)20-37(2,33)34/h6-14,16-17,19H,3-5,15,18,20H2,1-2H3/b13-9+. The smallest absolute Gasteiger partial charge is 0.218 e. The van der Waals surface area contributed by atoms with Gasteiger partial charge in [-0.2, -0.15) is 0 Å². The zero-order valence-corrected chi connectivity index (χ0v) is 21.7. The molecule has 4 rings (SSSR count). The Labute approximate surface area is 216 Å². The fourth-order valence-electron chi connectivity index (χ4n) is 3.89. The first-order valence-corrected chi connectivity index (χ1v) is 14.1. The van der Waals surface area contributed by atoms with Gasteiger partial charge in [0.2, 0.25) is 5.89 Å². The van der Waals surface area contributed by atoms with E-state index < -0.39 is 9.84 Å². The van der Waals surface area contributed by atoms with Crippen molar-refractivity contribution in [1.29, 1.82) is 0 Å². The van der Waals surface area contributed by atoms with Gasteiger partial charge in [-0.3, -0.25) is 0 Å². The monoisotopic (exact) mass is 523 g/mol. The summed E-state index contributed by atoms with van der Waals surface area (Å²) in [6.45, 7) is 2.88. The topological polar surface area (TPSA) is 87.2 Å². The molecule has 0 saturated heterocycles. The molecule has 0 bridgehead atoms. The third-order valence-electron chi connectivity index (χ3n) is 5.82. The fraction of sp³-hybridized carbons (Fsp3) is 0.286. The number of nitrogens with zero attached hydrogens (tertiary/aromatic N) is 3. The lowest BCUT2D eigenvalue weighted by Crippen LogP contribution is -2.09. The minimum absolute atomic E-state index is 0.0382. The Balaban J connectivity index is 1.20. The highest BCUT2D eigenvalue weighted by molar-refractivity contribution is 7.89. The summed E-state index contributed by atoms with van der Waals surface area (Å²) in [6, 6.07) is 12.6. The van der Waals surface area contributed by atoms with Crippen molar-refractivity contribution < 1.29 is 22.0 Å². The first kappa shape index (κ1) is 26.3. The summed E-state index contributed by atoms with van der Waals surface area (Å²) in [5.41, 5.74) is 3.62.